The highest BCUT2D eigenvalue weighted by Crippen LogP contribution is 2.42. The van der Waals surface area contributed by atoms with Gasteiger partial charge < -0.3 is 23.8 Å². The van der Waals surface area contributed by atoms with Gasteiger partial charge in [-0.15, -0.1) is 0 Å². The number of aliphatic hydroxyl groups is 1. The Labute approximate surface area is 156 Å². The molecule has 0 bridgehead atoms. The lowest BCUT2D eigenvalue weighted by atomic mass is 10.1. The van der Waals surface area contributed by atoms with Gasteiger partial charge in [-0.3, -0.25) is 9.79 Å². The van der Waals surface area contributed by atoms with E-state index in [0.29, 0.717) is 22.6 Å². The smallest absolute Gasteiger partial charge is 0.493 e. The fourth-order valence-corrected chi connectivity index (χ4v) is 2.87. The molecule has 2 aromatic rings. The molecule has 0 aromatic heterocycles. The van der Waals surface area contributed by atoms with E-state index in [-0.39, 0.29) is 18.1 Å². The molecule has 0 spiro atoms. The van der Waals surface area contributed by atoms with Crippen molar-refractivity contribution in [2.45, 2.75) is 6.61 Å². The van der Waals surface area contributed by atoms with Crippen LogP contribution in [0.1, 0.15) is 16.7 Å². The first-order valence-corrected chi connectivity index (χ1v) is 9.31. The standard InChI is InChI=1S/C18H21O8P/c1-23-15-7-6-12(9-16(15)26-27(20,21)22)4-5-13-8-14(11-19)18(25-3)17(10-13)24-2/h4-10,19H,11H2,1-3H3,(H2,20,21,22). The van der Waals surface area contributed by atoms with Crippen LogP contribution in [0.3, 0.4) is 0 Å². The summed E-state index contributed by atoms with van der Waals surface area (Å²) in [6.45, 7) is -0.218. The number of hydrogen-bond acceptors (Lipinski definition) is 6. The molecular formula is C18H21O8P. The summed E-state index contributed by atoms with van der Waals surface area (Å²) in [6.07, 6.45) is 3.47. The van der Waals surface area contributed by atoms with Gasteiger partial charge in [-0.25, -0.2) is 4.57 Å². The second-order valence-corrected chi connectivity index (χ2v) is 6.56. The number of rotatable bonds is 8. The molecule has 2 rings (SSSR count). The first-order chi connectivity index (χ1) is 12.8. The molecule has 0 unspecified atom stereocenters. The van der Waals surface area contributed by atoms with E-state index in [1.807, 2.05) is 0 Å². The number of aliphatic hydroxyl groups excluding tert-OH is 1. The van der Waals surface area contributed by atoms with Gasteiger partial charge in [-0.2, -0.15) is 0 Å². The number of methoxy groups -OCH3 is 3. The van der Waals surface area contributed by atoms with Crippen LogP contribution in [0.25, 0.3) is 12.2 Å². The summed E-state index contributed by atoms with van der Waals surface area (Å²) in [4.78, 5) is 18.0. The normalized spacial score (nSPS) is 11.5. The highest BCUT2D eigenvalue weighted by molar-refractivity contribution is 7.46. The van der Waals surface area contributed by atoms with Gasteiger partial charge in [0.1, 0.15) is 0 Å². The molecule has 0 saturated carbocycles. The SMILES string of the molecule is COc1ccc(C=Cc2cc(CO)c(OC)c(OC)c2)cc1OP(=O)(O)O. The van der Waals surface area contributed by atoms with E-state index in [9.17, 15) is 9.67 Å². The lowest BCUT2D eigenvalue weighted by molar-refractivity contribution is 0.270. The van der Waals surface area contributed by atoms with E-state index in [0.717, 1.165) is 5.56 Å². The molecule has 0 aliphatic heterocycles. The Morgan fingerprint density at radius 1 is 0.889 bits per heavy atom. The van der Waals surface area contributed by atoms with Gasteiger partial charge in [0.15, 0.2) is 23.0 Å². The topological polar surface area (TPSA) is 115 Å². The van der Waals surface area contributed by atoms with Gasteiger partial charge in [-0.1, -0.05) is 18.2 Å². The van der Waals surface area contributed by atoms with E-state index in [1.165, 1.54) is 27.4 Å². The fraction of sp³-hybridized carbons (Fsp3) is 0.222. The van der Waals surface area contributed by atoms with Gasteiger partial charge in [0.05, 0.1) is 27.9 Å². The van der Waals surface area contributed by atoms with Gasteiger partial charge in [0.25, 0.3) is 0 Å². The number of phosphoric ester groups is 1. The summed E-state index contributed by atoms with van der Waals surface area (Å²) in [5.74, 6) is 1.06. The molecule has 3 N–H and O–H groups in total. The van der Waals surface area contributed by atoms with Crippen LogP contribution in [0.5, 0.6) is 23.0 Å². The van der Waals surface area contributed by atoms with Gasteiger partial charge >= 0.3 is 7.82 Å². The summed E-state index contributed by atoms with van der Waals surface area (Å²) < 4.78 is 31.3. The second-order valence-electron chi connectivity index (χ2n) is 5.40. The molecule has 0 saturated heterocycles. The molecule has 27 heavy (non-hydrogen) atoms. The van der Waals surface area contributed by atoms with Crippen molar-refractivity contribution >= 4 is 20.0 Å². The number of ether oxygens (including phenoxy) is 3. The van der Waals surface area contributed by atoms with Crippen molar-refractivity contribution in [1.82, 2.24) is 0 Å². The molecule has 0 atom stereocenters. The first kappa shape index (κ1) is 20.8. The second kappa shape index (κ2) is 8.92. The Morgan fingerprint density at radius 3 is 2.07 bits per heavy atom. The minimum atomic E-state index is -4.72. The third-order valence-electron chi connectivity index (χ3n) is 3.62. The van der Waals surface area contributed by atoms with Gasteiger partial charge in [0, 0.05) is 5.56 Å². The zero-order chi connectivity index (χ0) is 20.0. The van der Waals surface area contributed by atoms with Crippen LogP contribution in [0, 0.1) is 0 Å². The molecule has 8 nitrogen and oxygen atoms in total. The van der Waals surface area contributed by atoms with Crippen LogP contribution >= 0.6 is 7.82 Å². The van der Waals surface area contributed by atoms with Crippen molar-refractivity contribution in [2.75, 3.05) is 21.3 Å². The average molecular weight is 396 g/mol. The predicted octanol–water partition coefficient (Wildman–Crippen LogP) is 2.85. The summed E-state index contributed by atoms with van der Waals surface area (Å²) in [7, 11) is -0.351. The van der Waals surface area contributed by atoms with Crippen molar-refractivity contribution in [3.8, 4) is 23.0 Å². The zero-order valence-electron chi connectivity index (χ0n) is 15.1. The molecule has 9 heteroatoms. The predicted molar refractivity (Wildman–Crippen MR) is 100 cm³/mol. The Balaban J connectivity index is 2.37. The highest BCUT2D eigenvalue weighted by atomic mass is 31.2. The molecule has 0 aliphatic rings. The third kappa shape index (κ3) is 5.48. The molecule has 0 fully saturated rings. The van der Waals surface area contributed by atoms with Gasteiger partial charge in [-0.05, 0) is 35.4 Å². The van der Waals surface area contributed by atoms with Crippen LogP contribution in [0.2, 0.25) is 0 Å². The van der Waals surface area contributed by atoms with E-state index in [1.54, 1.807) is 36.4 Å². The maximum absolute atomic E-state index is 11.1. The average Bonchev–Trinajstić information content (AvgIpc) is 2.64. The Bertz CT molecular complexity index is 847. The van der Waals surface area contributed by atoms with Crippen LogP contribution in [-0.2, 0) is 11.2 Å². The van der Waals surface area contributed by atoms with Crippen molar-refractivity contribution in [3.63, 3.8) is 0 Å². The molecule has 0 aliphatic carbocycles. The van der Waals surface area contributed by atoms with E-state index in [2.05, 4.69) is 4.52 Å². The van der Waals surface area contributed by atoms with E-state index < -0.39 is 7.82 Å². The lowest BCUT2D eigenvalue weighted by Gasteiger charge is -2.13. The third-order valence-corrected chi connectivity index (χ3v) is 4.06. The maximum atomic E-state index is 11.1. The summed E-state index contributed by atoms with van der Waals surface area (Å²) in [5, 5.41) is 9.52. The van der Waals surface area contributed by atoms with Crippen molar-refractivity contribution in [2.24, 2.45) is 0 Å². The maximum Gasteiger partial charge on any atom is 0.524 e. The largest absolute Gasteiger partial charge is 0.524 e. The Kier molecular flexibility index (Phi) is 6.87. The molecule has 146 valence electrons. The first-order valence-electron chi connectivity index (χ1n) is 7.78. The van der Waals surface area contributed by atoms with Crippen LogP contribution in [0.15, 0.2) is 30.3 Å². The molecule has 0 heterocycles. The minimum Gasteiger partial charge on any atom is -0.493 e. The molecule has 0 amide bonds. The number of benzene rings is 2. The van der Waals surface area contributed by atoms with Crippen molar-refractivity contribution in [1.29, 1.82) is 0 Å². The highest BCUT2D eigenvalue weighted by Gasteiger charge is 2.19. The molecular weight excluding hydrogens is 375 g/mol. The molecule has 0 radical (unpaired) electrons. The fourth-order valence-electron chi connectivity index (χ4n) is 2.47. The zero-order valence-corrected chi connectivity index (χ0v) is 16.0. The van der Waals surface area contributed by atoms with Crippen LogP contribution in [0.4, 0.5) is 0 Å². The Morgan fingerprint density at radius 2 is 1.52 bits per heavy atom. The lowest BCUT2D eigenvalue weighted by Crippen LogP contribution is -1.97. The number of hydrogen-bond donors (Lipinski definition) is 3. The number of phosphoric acid groups is 1. The van der Waals surface area contributed by atoms with Gasteiger partial charge in [0.2, 0.25) is 0 Å². The van der Waals surface area contributed by atoms with Crippen LogP contribution in [-0.4, -0.2) is 36.2 Å². The summed E-state index contributed by atoms with van der Waals surface area (Å²) in [5.41, 5.74) is 1.93. The van der Waals surface area contributed by atoms with Crippen molar-refractivity contribution in [3.05, 3.63) is 47.0 Å². The van der Waals surface area contributed by atoms with E-state index >= 15 is 0 Å². The Hall–Kier alpha value is -2.51. The minimum absolute atomic E-state index is 0.0728. The van der Waals surface area contributed by atoms with E-state index in [4.69, 9.17) is 24.0 Å². The van der Waals surface area contributed by atoms with Crippen molar-refractivity contribution < 1.29 is 38.2 Å². The summed E-state index contributed by atoms with van der Waals surface area (Å²) >= 11 is 0. The summed E-state index contributed by atoms with van der Waals surface area (Å²) in [6, 6.07) is 8.18. The molecule has 2 aromatic carbocycles. The quantitative estimate of drug-likeness (QED) is 0.461. The van der Waals surface area contributed by atoms with Crippen LogP contribution < -0.4 is 18.7 Å². The monoisotopic (exact) mass is 396 g/mol.